The van der Waals surface area contributed by atoms with Crippen LogP contribution in [0.2, 0.25) is 5.02 Å². The molecule has 1 aromatic carbocycles. The normalized spacial score (nSPS) is 16.7. The van der Waals surface area contributed by atoms with Crippen LogP contribution in [-0.2, 0) is 10.0 Å². The number of sulfonamides is 1. The predicted octanol–water partition coefficient (Wildman–Crippen LogP) is 1.38. The third-order valence-corrected chi connectivity index (χ3v) is 6.43. The lowest BCUT2D eigenvalue weighted by Crippen LogP contribution is -2.49. The van der Waals surface area contributed by atoms with Crippen LogP contribution >= 0.6 is 11.6 Å². The van der Waals surface area contributed by atoms with Gasteiger partial charge < -0.3 is 16.6 Å². The molecule has 8 nitrogen and oxygen atoms in total. The summed E-state index contributed by atoms with van der Waals surface area (Å²) in [6.45, 7) is -0.244. The van der Waals surface area contributed by atoms with Gasteiger partial charge in [0.1, 0.15) is 0 Å². The minimum absolute atomic E-state index is 0.0286. The summed E-state index contributed by atoms with van der Waals surface area (Å²) in [6, 6.07) is 4.47. The Morgan fingerprint density at radius 3 is 2.62 bits per heavy atom. The van der Waals surface area contributed by atoms with Crippen molar-refractivity contribution in [3.8, 4) is 0 Å². The van der Waals surface area contributed by atoms with Gasteiger partial charge in [0.2, 0.25) is 10.0 Å². The number of pyridine rings is 1. The number of guanidine groups is 1. The van der Waals surface area contributed by atoms with Crippen LogP contribution in [0, 0.1) is 0 Å². The minimum Gasteiger partial charge on any atom is -0.394 e. The van der Waals surface area contributed by atoms with Crippen LogP contribution in [-0.4, -0.2) is 36.6 Å². The van der Waals surface area contributed by atoms with E-state index in [0.717, 1.165) is 12.8 Å². The number of fused-ring (bicyclic) bond motifs is 1. The molecule has 1 fully saturated rings. The van der Waals surface area contributed by atoms with E-state index in [1.54, 1.807) is 6.07 Å². The zero-order valence-corrected chi connectivity index (χ0v) is 15.5. The number of nitrogens with zero attached hydrogens (tertiary/aromatic N) is 2. The highest BCUT2D eigenvalue weighted by molar-refractivity contribution is 7.89. The maximum absolute atomic E-state index is 12.9. The number of aliphatic imine (C=N–C) groups is 1. The molecule has 6 N–H and O–H groups in total. The number of aliphatic hydroxyl groups excluding tert-OH is 1. The molecule has 0 atom stereocenters. The summed E-state index contributed by atoms with van der Waals surface area (Å²) in [5.74, 6) is -0.0168. The van der Waals surface area contributed by atoms with E-state index >= 15 is 0 Å². The molecule has 0 radical (unpaired) electrons. The molecule has 10 heteroatoms. The van der Waals surface area contributed by atoms with E-state index < -0.39 is 15.6 Å². The molecular weight excluding hydrogens is 378 g/mol. The van der Waals surface area contributed by atoms with E-state index in [1.165, 1.54) is 18.3 Å². The number of hydrogen-bond acceptors (Lipinski definition) is 5. The quantitative estimate of drug-likeness (QED) is 0.443. The number of aliphatic hydroxyl groups is 1. The fourth-order valence-corrected chi connectivity index (χ4v) is 4.93. The molecule has 0 saturated heterocycles. The maximum Gasteiger partial charge on any atom is 0.241 e. The highest BCUT2D eigenvalue weighted by Gasteiger charge is 2.37. The fraction of sp³-hybridized carbons (Fsp3) is 0.375. The molecule has 2 aromatic rings. The Bertz CT molecular complexity index is 967. The van der Waals surface area contributed by atoms with Gasteiger partial charge in [-0.2, -0.15) is 4.99 Å². The summed E-state index contributed by atoms with van der Waals surface area (Å²) in [5, 5.41) is 11.0. The summed E-state index contributed by atoms with van der Waals surface area (Å²) in [6.07, 6.45) is 4.34. The largest absolute Gasteiger partial charge is 0.394 e. The number of nitrogens with two attached hydrogens (primary N) is 2. The molecule has 0 bridgehead atoms. The number of nitrogens with one attached hydrogen (secondary N) is 1. The lowest BCUT2D eigenvalue weighted by molar-refractivity contribution is 0.185. The fourth-order valence-electron chi connectivity index (χ4n) is 3.24. The molecule has 0 aliphatic heterocycles. The van der Waals surface area contributed by atoms with Crippen molar-refractivity contribution in [2.75, 3.05) is 6.61 Å². The Labute approximate surface area is 156 Å². The van der Waals surface area contributed by atoms with Gasteiger partial charge in [-0.3, -0.25) is 0 Å². The zero-order chi connectivity index (χ0) is 18.9. The number of rotatable bonds is 5. The van der Waals surface area contributed by atoms with Crippen LogP contribution in [0.4, 0.5) is 5.82 Å². The molecule has 140 valence electrons. The van der Waals surface area contributed by atoms with Gasteiger partial charge in [-0.1, -0.05) is 30.5 Å². The summed E-state index contributed by atoms with van der Waals surface area (Å²) in [7, 11) is -3.86. The summed E-state index contributed by atoms with van der Waals surface area (Å²) in [4.78, 5) is 8.03. The van der Waals surface area contributed by atoms with Gasteiger partial charge in [-0.15, -0.1) is 0 Å². The summed E-state index contributed by atoms with van der Waals surface area (Å²) < 4.78 is 28.4. The van der Waals surface area contributed by atoms with Crippen LogP contribution in [0.3, 0.4) is 0 Å². The average molecular weight is 398 g/mol. The topological polar surface area (TPSA) is 144 Å². The van der Waals surface area contributed by atoms with E-state index in [9.17, 15) is 13.5 Å². The first-order valence-corrected chi connectivity index (χ1v) is 9.95. The molecular formula is C16H20ClN5O3S. The Balaban J connectivity index is 2.09. The van der Waals surface area contributed by atoms with Crippen LogP contribution in [0.1, 0.15) is 25.7 Å². The van der Waals surface area contributed by atoms with E-state index in [1.807, 2.05) is 0 Å². The number of hydrogen-bond donors (Lipinski definition) is 4. The highest BCUT2D eigenvalue weighted by atomic mass is 35.5. The first-order valence-electron chi connectivity index (χ1n) is 8.09. The zero-order valence-electron chi connectivity index (χ0n) is 13.9. The van der Waals surface area contributed by atoms with E-state index in [-0.39, 0.29) is 23.3 Å². The van der Waals surface area contributed by atoms with Crippen molar-refractivity contribution >= 4 is 44.2 Å². The third kappa shape index (κ3) is 3.61. The molecule has 0 spiro atoms. The van der Waals surface area contributed by atoms with Gasteiger partial charge in [0.25, 0.3) is 0 Å². The molecule has 1 aromatic heterocycles. The van der Waals surface area contributed by atoms with Crippen LogP contribution < -0.4 is 16.2 Å². The van der Waals surface area contributed by atoms with E-state index in [0.29, 0.717) is 28.6 Å². The standard InChI is InChI=1S/C16H20ClN5O3S/c17-13-8-20-14(21-15(18)19)12-7-10(3-4-11(12)13)26(24,25)22-16(9-23)5-1-2-6-16/h3-4,7-8,22-23H,1-2,5-6,9H2,(H4,18,19,20,21). The van der Waals surface area contributed by atoms with Crippen molar-refractivity contribution in [1.29, 1.82) is 0 Å². The van der Waals surface area contributed by atoms with Gasteiger partial charge in [0, 0.05) is 17.0 Å². The molecule has 0 amide bonds. The molecule has 1 heterocycles. The molecule has 1 saturated carbocycles. The van der Waals surface area contributed by atoms with Crippen LogP contribution in [0.15, 0.2) is 34.3 Å². The third-order valence-electron chi connectivity index (χ3n) is 4.55. The number of aromatic nitrogens is 1. The Kier molecular flexibility index (Phi) is 5.07. The second-order valence-corrected chi connectivity index (χ2v) is 8.51. The van der Waals surface area contributed by atoms with Gasteiger partial charge >= 0.3 is 0 Å². The van der Waals surface area contributed by atoms with Crippen LogP contribution in [0.5, 0.6) is 0 Å². The molecule has 26 heavy (non-hydrogen) atoms. The van der Waals surface area contributed by atoms with Gasteiger partial charge in [-0.05, 0) is 25.0 Å². The smallest absolute Gasteiger partial charge is 0.241 e. The van der Waals surface area contributed by atoms with Gasteiger partial charge in [0.05, 0.1) is 22.1 Å². The van der Waals surface area contributed by atoms with Crippen molar-refractivity contribution in [2.24, 2.45) is 16.5 Å². The van der Waals surface area contributed by atoms with Crippen molar-refractivity contribution in [1.82, 2.24) is 9.71 Å². The van der Waals surface area contributed by atoms with Gasteiger partial charge in [0.15, 0.2) is 11.8 Å². The van der Waals surface area contributed by atoms with E-state index in [2.05, 4.69) is 14.7 Å². The van der Waals surface area contributed by atoms with E-state index in [4.69, 9.17) is 23.1 Å². The van der Waals surface area contributed by atoms with Crippen molar-refractivity contribution < 1.29 is 13.5 Å². The van der Waals surface area contributed by atoms with Crippen LogP contribution in [0.25, 0.3) is 10.8 Å². The van der Waals surface area contributed by atoms with Gasteiger partial charge in [-0.25, -0.2) is 18.1 Å². The predicted molar refractivity (Wildman–Crippen MR) is 101 cm³/mol. The summed E-state index contributed by atoms with van der Waals surface area (Å²) in [5.41, 5.74) is 10.0. The first kappa shape index (κ1) is 18.8. The number of halogens is 1. The summed E-state index contributed by atoms with van der Waals surface area (Å²) >= 11 is 6.14. The second-order valence-electron chi connectivity index (χ2n) is 6.42. The lowest BCUT2D eigenvalue weighted by atomic mass is 10.0. The lowest BCUT2D eigenvalue weighted by Gasteiger charge is -2.27. The Morgan fingerprint density at radius 2 is 2.00 bits per heavy atom. The number of benzene rings is 1. The molecule has 1 aliphatic carbocycles. The highest BCUT2D eigenvalue weighted by Crippen LogP contribution is 2.34. The first-order chi connectivity index (χ1) is 12.3. The minimum atomic E-state index is -3.86. The monoisotopic (exact) mass is 397 g/mol. The Morgan fingerprint density at radius 1 is 1.31 bits per heavy atom. The average Bonchev–Trinajstić information content (AvgIpc) is 3.05. The Hall–Kier alpha value is -1.94. The van der Waals surface area contributed by atoms with Crippen molar-refractivity contribution in [2.45, 2.75) is 36.1 Å². The molecule has 0 unspecified atom stereocenters. The second kappa shape index (κ2) is 6.99. The molecule has 3 rings (SSSR count). The molecule has 1 aliphatic rings. The SMILES string of the molecule is NC(N)=Nc1ncc(Cl)c2ccc(S(=O)(=O)NC3(CO)CCCC3)cc12. The van der Waals surface area contributed by atoms with Crippen molar-refractivity contribution in [3.05, 3.63) is 29.4 Å². The van der Waals surface area contributed by atoms with Crippen molar-refractivity contribution in [3.63, 3.8) is 0 Å². The maximum atomic E-state index is 12.9.